The van der Waals surface area contributed by atoms with Crippen molar-refractivity contribution in [2.24, 2.45) is 0 Å². The molecule has 0 saturated carbocycles. The molecule has 0 radical (unpaired) electrons. The fourth-order valence-electron chi connectivity index (χ4n) is 1.02. The molecule has 0 aliphatic heterocycles. The van der Waals surface area contributed by atoms with Gasteiger partial charge in [0.05, 0.1) is 0 Å². The van der Waals surface area contributed by atoms with Crippen molar-refractivity contribution < 1.29 is 9.05 Å². The van der Waals surface area contributed by atoms with Crippen molar-refractivity contribution in [3.8, 4) is 11.6 Å². The van der Waals surface area contributed by atoms with Crippen LogP contribution in [0, 0.1) is 0 Å². The first kappa shape index (κ1) is 8.93. The van der Waals surface area contributed by atoms with Gasteiger partial charge in [0.25, 0.3) is 5.89 Å². The van der Waals surface area contributed by atoms with Crippen molar-refractivity contribution >= 4 is 0 Å². The molecule has 2 rings (SSSR count). The Kier molecular flexibility index (Phi) is 1.87. The molecule has 0 aliphatic rings. The first-order chi connectivity index (χ1) is 6.57. The van der Waals surface area contributed by atoms with Crippen LogP contribution in [0.5, 0.6) is 0 Å². The van der Waals surface area contributed by atoms with Crippen molar-refractivity contribution in [1.29, 1.82) is 0 Å². The zero-order chi connectivity index (χ0) is 10.2. The van der Waals surface area contributed by atoms with Gasteiger partial charge in [-0.15, -0.1) is 0 Å². The zero-order valence-corrected chi connectivity index (χ0v) is 8.31. The Morgan fingerprint density at radius 2 is 2.00 bits per heavy atom. The molecule has 0 fully saturated rings. The van der Waals surface area contributed by atoms with Crippen LogP contribution in [0.15, 0.2) is 21.4 Å². The largest absolute Gasteiger partial charge is 0.360 e. The highest BCUT2D eigenvalue weighted by atomic mass is 16.5. The summed E-state index contributed by atoms with van der Waals surface area (Å²) in [6, 6.07) is 1.81. The van der Waals surface area contributed by atoms with E-state index in [-0.39, 0.29) is 5.41 Å². The summed E-state index contributed by atoms with van der Waals surface area (Å²) >= 11 is 0. The maximum Gasteiger partial charge on any atom is 0.279 e. The molecule has 0 saturated heterocycles. The second-order valence-electron chi connectivity index (χ2n) is 4.07. The third-order valence-corrected chi connectivity index (χ3v) is 1.83. The van der Waals surface area contributed by atoms with Gasteiger partial charge in [0, 0.05) is 11.5 Å². The first-order valence-electron chi connectivity index (χ1n) is 4.31. The molecule has 74 valence electrons. The first-order valence-corrected chi connectivity index (χ1v) is 4.31. The molecular formula is C9H11N3O2. The van der Waals surface area contributed by atoms with Gasteiger partial charge in [-0.25, -0.2) is 0 Å². The topological polar surface area (TPSA) is 65.0 Å². The summed E-state index contributed by atoms with van der Waals surface area (Å²) in [5, 5.41) is 7.36. The van der Waals surface area contributed by atoms with Crippen molar-refractivity contribution in [3.63, 3.8) is 0 Å². The van der Waals surface area contributed by atoms with Crippen molar-refractivity contribution in [2.75, 3.05) is 0 Å². The fourth-order valence-corrected chi connectivity index (χ4v) is 1.02. The number of aromatic nitrogens is 3. The Bertz CT molecular complexity index is 411. The summed E-state index contributed by atoms with van der Waals surface area (Å²) in [5.74, 6) is 1.18. The summed E-state index contributed by atoms with van der Waals surface area (Å²) < 4.78 is 10.0. The SMILES string of the molecule is CC(C)(C)c1cc(-c2ncno2)no1. The van der Waals surface area contributed by atoms with E-state index in [1.54, 1.807) is 0 Å². The van der Waals surface area contributed by atoms with Crippen molar-refractivity contribution in [1.82, 2.24) is 15.3 Å². The molecule has 0 bridgehead atoms. The van der Waals surface area contributed by atoms with Gasteiger partial charge in [-0.1, -0.05) is 31.1 Å². The summed E-state index contributed by atoms with van der Waals surface area (Å²) in [6.45, 7) is 6.14. The maximum absolute atomic E-state index is 5.18. The quantitative estimate of drug-likeness (QED) is 0.693. The van der Waals surface area contributed by atoms with Crippen LogP contribution in [0.3, 0.4) is 0 Å². The number of hydrogen-bond acceptors (Lipinski definition) is 5. The van der Waals surface area contributed by atoms with Crippen molar-refractivity contribution in [2.45, 2.75) is 26.2 Å². The Morgan fingerprint density at radius 1 is 1.21 bits per heavy atom. The highest BCUT2D eigenvalue weighted by molar-refractivity contribution is 5.45. The normalized spacial score (nSPS) is 11.9. The average Bonchev–Trinajstić information content (AvgIpc) is 2.73. The van der Waals surface area contributed by atoms with E-state index in [4.69, 9.17) is 9.05 Å². The molecule has 0 amide bonds. The van der Waals surface area contributed by atoms with Gasteiger partial charge in [-0.05, 0) is 0 Å². The van der Waals surface area contributed by atoms with Crippen LogP contribution >= 0.6 is 0 Å². The fraction of sp³-hybridized carbons (Fsp3) is 0.444. The molecule has 14 heavy (non-hydrogen) atoms. The minimum Gasteiger partial charge on any atom is -0.360 e. The van der Waals surface area contributed by atoms with Gasteiger partial charge < -0.3 is 9.05 Å². The van der Waals surface area contributed by atoms with Crippen LogP contribution in [0.1, 0.15) is 26.5 Å². The smallest absolute Gasteiger partial charge is 0.279 e. The molecule has 0 spiro atoms. The second-order valence-corrected chi connectivity index (χ2v) is 4.07. The van der Waals surface area contributed by atoms with Crippen LogP contribution in [0.2, 0.25) is 0 Å². The minimum atomic E-state index is -0.0642. The average molecular weight is 193 g/mol. The van der Waals surface area contributed by atoms with E-state index < -0.39 is 0 Å². The van der Waals surface area contributed by atoms with Crippen LogP contribution in [0.4, 0.5) is 0 Å². The Morgan fingerprint density at radius 3 is 2.50 bits per heavy atom. The van der Waals surface area contributed by atoms with Crippen LogP contribution in [-0.2, 0) is 5.41 Å². The lowest BCUT2D eigenvalue weighted by atomic mass is 9.93. The van der Waals surface area contributed by atoms with Gasteiger partial charge in [0.15, 0.2) is 12.0 Å². The standard InChI is InChI=1S/C9H11N3O2/c1-9(2,3)7-4-6(12-13-7)8-10-5-11-14-8/h4-5H,1-3H3. The van der Waals surface area contributed by atoms with E-state index in [2.05, 4.69) is 15.3 Å². The van der Waals surface area contributed by atoms with Gasteiger partial charge in [0.2, 0.25) is 0 Å². The molecule has 0 unspecified atom stereocenters. The Hall–Kier alpha value is -1.65. The predicted octanol–water partition coefficient (Wildman–Crippen LogP) is 2.02. The molecule has 0 aromatic carbocycles. The van der Waals surface area contributed by atoms with E-state index >= 15 is 0 Å². The number of rotatable bonds is 1. The van der Waals surface area contributed by atoms with Crippen LogP contribution in [-0.4, -0.2) is 15.3 Å². The lowest BCUT2D eigenvalue weighted by Gasteiger charge is -2.11. The molecule has 2 heterocycles. The highest BCUT2D eigenvalue weighted by Crippen LogP contribution is 2.25. The summed E-state index contributed by atoms with van der Waals surface area (Å²) in [5.41, 5.74) is 0.512. The molecule has 0 N–H and O–H groups in total. The van der Waals surface area contributed by atoms with E-state index in [1.165, 1.54) is 6.33 Å². The summed E-state index contributed by atoms with van der Waals surface area (Å²) in [6.07, 6.45) is 1.33. The minimum absolute atomic E-state index is 0.0642. The van der Waals surface area contributed by atoms with Gasteiger partial charge >= 0.3 is 0 Å². The summed E-state index contributed by atoms with van der Waals surface area (Å²) in [4.78, 5) is 3.88. The van der Waals surface area contributed by atoms with Gasteiger partial charge in [0.1, 0.15) is 5.76 Å². The van der Waals surface area contributed by atoms with E-state index in [1.807, 2.05) is 26.8 Å². The third-order valence-electron chi connectivity index (χ3n) is 1.83. The predicted molar refractivity (Wildman–Crippen MR) is 48.5 cm³/mol. The van der Waals surface area contributed by atoms with Crippen LogP contribution in [0.25, 0.3) is 11.6 Å². The van der Waals surface area contributed by atoms with Gasteiger partial charge in [-0.3, -0.25) is 0 Å². The molecule has 5 heteroatoms. The molecule has 5 nitrogen and oxygen atoms in total. The van der Waals surface area contributed by atoms with Gasteiger partial charge in [-0.2, -0.15) is 4.98 Å². The Balaban J connectivity index is 2.36. The molecule has 0 atom stereocenters. The second kappa shape index (κ2) is 2.94. The molecule has 2 aromatic rings. The number of hydrogen-bond donors (Lipinski definition) is 0. The molecule has 0 aliphatic carbocycles. The highest BCUT2D eigenvalue weighted by Gasteiger charge is 2.21. The third kappa shape index (κ3) is 1.53. The maximum atomic E-state index is 5.18. The van der Waals surface area contributed by atoms with E-state index in [0.29, 0.717) is 11.6 Å². The zero-order valence-electron chi connectivity index (χ0n) is 8.31. The lowest BCUT2D eigenvalue weighted by molar-refractivity contribution is 0.328. The van der Waals surface area contributed by atoms with E-state index in [0.717, 1.165) is 5.76 Å². The van der Waals surface area contributed by atoms with E-state index in [9.17, 15) is 0 Å². The molecular weight excluding hydrogens is 182 g/mol. The molecule has 2 aromatic heterocycles. The Labute approximate surface area is 81.1 Å². The van der Waals surface area contributed by atoms with Crippen LogP contribution < -0.4 is 0 Å². The number of nitrogens with zero attached hydrogens (tertiary/aromatic N) is 3. The van der Waals surface area contributed by atoms with Crippen molar-refractivity contribution in [3.05, 3.63) is 18.2 Å². The summed E-state index contributed by atoms with van der Waals surface area (Å²) in [7, 11) is 0. The lowest BCUT2D eigenvalue weighted by Crippen LogP contribution is -2.09. The monoisotopic (exact) mass is 193 g/mol.